The normalized spacial score (nSPS) is 16.6. The third kappa shape index (κ3) is 4.06. The standard InChI is InChI=1S/C18H13F3N6O3/c19-18(20,21)30-14-3-4-15-16(6-14)26(11-24-15)17-23-8-13(27(28)29)10-25(17)9-12-2-1-5-22-7-12/h1-8,10-11,17H,9H2. The molecular formula is C18H13F3N6O3. The van der Waals surface area contributed by atoms with Crippen LogP contribution in [0.2, 0.25) is 0 Å². The Morgan fingerprint density at radius 1 is 1.27 bits per heavy atom. The van der Waals surface area contributed by atoms with Crippen molar-refractivity contribution in [2.75, 3.05) is 0 Å². The molecule has 1 unspecified atom stereocenters. The average molecular weight is 418 g/mol. The third-order valence-electron chi connectivity index (χ3n) is 4.26. The molecule has 0 bridgehead atoms. The fourth-order valence-corrected chi connectivity index (χ4v) is 3.04. The Bertz CT molecular complexity index is 1140. The highest BCUT2D eigenvalue weighted by Gasteiger charge is 2.32. The Labute approximate surface area is 166 Å². The quantitative estimate of drug-likeness (QED) is 0.465. The zero-order valence-corrected chi connectivity index (χ0v) is 15.1. The lowest BCUT2D eigenvalue weighted by atomic mass is 10.2. The number of hydrogen-bond acceptors (Lipinski definition) is 7. The second kappa shape index (κ2) is 7.46. The van der Waals surface area contributed by atoms with E-state index < -0.39 is 23.3 Å². The van der Waals surface area contributed by atoms with Gasteiger partial charge in [0.1, 0.15) is 12.0 Å². The van der Waals surface area contributed by atoms with Crippen molar-refractivity contribution in [1.29, 1.82) is 0 Å². The van der Waals surface area contributed by atoms with Gasteiger partial charge in [-0.05, 0) is 23.8 Å². The Kier molecular flexibility index (Phi) is 4.82. The summed E-state index contributed by atoms with van der Waals surface area (Å²) in [4.78, 5) is 24.7. The number of imidazole rings is 1. The Morgan fingerprint density at radius 2 is 2.10 bits per heavy atom. The summed E-state index contributed by atoms with van der Waals surface area (Å²) in [7, 11) is 0. The molecule has 0 fully saturated rings. The van der Waals surface area contributed by atoms with E-state index >= 15 is 0 Å². The fourth-order valence-electron chi connectivity index (χ4n) is 3.04. The van der Waals surface area contributed by atoms with E-state index in [2.05, 4.69) is 19.7 Å². The molecule has 3 heterocycles. The number of fused-ring (bicyclic) bond motifs is 1. The lowest BCUT2D eigenvalue weighted by molar-refractivity contribution is -0.415. The predicted octanol–water partition coefficient (Wildman–Crippen LogP) is 3.49. The molecule has 0 amide bonds. The van der Waals surface area contributed by atoms with Gasteiger partial charge in [-0.3, -0.25) is 19.7 Å². The number of nitro groups is 1. The van der Waals surface area contributed by atoms with Gasteiger partial charge in [0.15, 0.2) is 0 Å². The molecule has 0 N–H and O–H groups in total. The zero-order chi connectivity index (χ0) is 21.3. The van der Waals surface area contributed by atoms with Gasteiger partial charge in [-0.25, -0.2) is 9.98 Å². The summed E-state index contributed by atoms with van der Waals surface area (Å²) in [6.45, 7) is 0.228. The van der Waals surface area contributed by atoms with Gasteiger partial charge in [0.2, 0.25) is 6.29 Å². The maximum atomic E-state index is 12.6. The minimum atomic E-state index is -4.84. The van der Waals surface area contributed by atoms with E-state index in [0.717, 1.165) is 17.8 Å². The maximum absolute atomic E-state index is 12.6. The minimum Gasteiger partial charge on any atom is -0.406 e. The second-order valence-corrected chi connectivity index (χ2v) is 6.32. The zero-order valence-electron chi connectivity index (χ0n) is 15.1. The molecule has 3 aromatic rings. The van der Waals surface area contributed by atoms with E-state index in [1.54, 1.807) is 29.4 Å². The second-order valence-electron chi connectivity index (χ2n) is 6.32. The van der Waals surface area contributed by atoms with Crippen LogP contribution >= 0.6 is 0 Å². The number of rotatable bonds is 5. The molecule has 1 aromatic carbocycles. The molecule has 12 heteroatoms. The summed E-state index contributed by atoms with van der Waals surface area (Å²) in [5.74, 6) is -0.406. The van der Waals surface area contributed by atoms with E-state index in [1.807, 2.05) is 0 Å². The third-order valence-corrected chi connectivity index (χ3v) is 4.26. The highest BCUT2D eigenvalue weighted by Crippen LogP contribution is 2.30. The molecule has 1 atom stereocenters. The fraction of sp³-hybridized carbons (Fsp3) is 0.167. The summed E-state index contributed by atoms with van der Waals surface area (Å²) in [6, 6.07) is 7.27. The van der Waals surface area contributed by atoms with Crippen LogP contribution in [0.15, 0.2) is 65.9 Å². The van der Waals surface area contributed by atoms with Crippen LogP contribution < -0.4 is 4.74 Å². The van der Waals surface area contributed by atoms with Crippen molar-refractivity contribution in [3.8, 4) is 5.75 Å². The number of benzene rings is 1. The molecule has 4 rings (SSSR count). The molecule has 154 valence electrons. The molecule has 0 radical (unpaired) electrons. The summed E-state index contributed by atoms with van der Waals surface area (Å²) in [5, 5.41) is 11.2. The van der Waals surface area contributed by atoms with Crippen LogP contribution in [0.1, 0.15) is 11.9 Å². The van der Waals surface area contributed by atoms with Crippen molar-refractivity contribution in [1.82, 2.24) is 19.4 Å². The van der Waals surface area contributed by atoms with Crippen molar-refractivity contribution < 1.29 is 22.8 Å². The van der Waals surface area contributed by atoms with E-state index in [0.29, 0.717) is 11.0 Å². The number of halogens is 3. The van der Waals surface area contributed by atoms with Crippen molar-refractivity contribution in [2.45, 2.75) is 19.2 Å². The van der Waals surface area contributed by atoms with Gasteiger partial charge in [0.05, 0.1) is 28.5 Å². The van der Waals surface area contributed by atoms with Gasteiger partial charge in [0, 0.05) is 25.0 Å². The minimum absolute atomic E-state index is 0.222. The van der Waals surface area contributed by atoms with Gasteiger partial charge < -0.3 is 9.64 Å². The van der Waals surface area contributed by atoms with Crippen LogP contribution in [0.25, 0.3) is 11.0 Å². The largest absolute Gasteiger partial charge is 0.573 e. The van der Waals surface area contributed by atoms with Crippen LogP contribution in [0.4, 0.5) is 13.2 Å². The molecule has 0 saturated heterocycles. The molecule has 0 spiro atoms. The summed E-state index contributed by atoms with van der Waals surface area (Å²) in [5.41, 5.74) is 1.29. The molecular weight excluding hydrogens is 405 g/mol. The molecule has 1 aliphatic heterocycles. The van der Waals surface area contributed by atoms with Crippen LogP contribution in [0, 0.1) is 10.1 Å². The summed E-state index contributed by atoms with van der Waals surface area (Å²) >= 11 is 0. The number of aromatic nitrogens is 3. The van der Waals surface area contributed by atoms with E-state index in [-0.39, 0.29) is 12.2 Å². The first-order valence-corrected chi connectivity index (χ1v) is 8.56. The monoisotopic (exact) mass is 418 g/mol. The molecule has 30 heavy (non-hydrogen) atoms. The van der Waals surface area contributed by atoms with Crippen molar-refractivity contribution in [2.24, 2.45) is 4.99 Å². The maximum Gasteiger partial charge on any atom is 0.573 e. The van der Waals surface area contributed by atoms with Crippen molar-refractivity contribution >= 4 is 17.2 Å². The van der Waals surface area contributed by atoms with Gasteiger partial charge in [-0.15, -0.1) is 13.2 Å². The van der Waals surface area contributed by atoms with Gasteiger partial charge in [0.25, 0.3) is 0 Å². The van der Waals surface area contributed by atoms with Gasteiger partial charge in [-0.1, -0.05) is 6.07 Å². The average Bonchev–Trinajstić information content (AvgIpc) is 3.10. The number of allylic oxidation sites excluding steroid dienone is 1. The number of ether oxygens (including phenoxy) is 1. The van der Waals surface area contributed by atoms with Crippen LogP contribution in [-0.4, -0.2) is 36.9 Å². The molecule has 0 aliphatic carbocycles. The smallest absolute Gasteiger partial charge is 0.406 e. The van der Waals surface area contributed by atoms with Gasteiger partial charge >= 0.3 is 12.1 Å². The molecule has 1 aliphatic rings. The Balaban J connectivity index is 1.73. The lowest BCUT2D eigenvalue weighted by Gasteiger charge is -2.30. The number of pyridine rings is 1. The van der Waals surface area contributed by atoms with E-state index in [4.69, 9.17) is 0 Å². The number of aliphatic imine (C=N–C) groups is 1. The molecule has 9 nitrogen and oxygen atoms in total. The first-order valence-electron chi connectivity index (χ1n) is 8.56. The van der Waals surface area contributed by atoms with E-state index in [1.165, 1.54) is 29.2 Å². The topological polar surface area (TPSA) is 98.7 Å². The van der Waals surface area contributed by atoms with Gasteiger partial charge in [-0.2, -0.15) is 0 Å². The van der Waals surface area contributed by atoms with E-state index in [9.17, 15) is 23.3 Å². The van der Waals surface area contributed by atoms with Crippen LogP contribution in [0.5, 0.6) is 5.75 Å². The summed E-state index contributed by atoms with van der Waals surface area (Å²) < 4.78 is 43.3. The number of nitrogens with zero attached hydrogens (tertiary/aromatic N) is 6. The first kappa shape index (κ1) is 19.4. The van der Waals surface area contributed by atoms with Crippen molar-refractivity contribution in [3.05, 3.63) is 76.6 Å². The van der Waals surface area contributed by atoms with Crippen molar-refractivity contribution in [3.63, 3.8) is 0 Å². The van der Waals surface area contributed by atoms with Crippen LogP contribution in [-0.2, 0) is 6.54 Å². The highest BCUT2D eigenvalue weighted by molar-refractivity contribution is 5.78. The first-order chi connectivity index (χ1) is 14.3. The number of hydrogen-bond donors (Lipinski definition) is 0. The van der Waals surface area contributed by atoms with Crippen LogP contribution in [0.3, 0.4) is 0 Å². The molecule has 0 saturated carbocycles. The Hall–Kier alpha value is -3.96. The summed E-state index contributed by atoms with van der Waals surface area (Å²) in [6.07, 6.45) is 1.40. The lowest BCUT2D eigenvalue weighted by Crippen LogP contribution is -2.30. The number of alkyl halides is 3. The highest BCUT2D eigenvalue weighted by atomic mass is 19.4. The Morgan fingerprint density at radius 3 is 2.80 bits per heavy atom. The molecule has 2 aromatic heterocycles. The SMILES string of the molecule is O=[N+]([O-])C1=CN(Cc2cccnc2)C(n2cnc3ccc(OC(F)(F)F)cc32)N=C1. The predicted molar refractivity (Wildman–Crippen MR) is 98.8 cm³/mol.